The highest BCUT2D eigenvalue weighted by Gasteiger charge is 2.23. The van der Waals surface area contributed by atoms with Gasteiger partial charge in [-0.2, -0.15) is 0 Å². The van der Waals surface area contributed by atoms with Crippen molar-refractivity contribution in [2.45, 2.75) is 31.9 Å². The number of ether oxygens (including phenoxy) is 1. The third-order valence-electron chi connectivity index (χ3n) is 5.23. The first kappa shape index (κ1) is 17.7. The smallest absolute Gasteiger partial charge is 0.130 e. The maximum Gasteiger partial charge on any atom is 0.130 e. The molecular weight excluding hydrogens is 336 g/mol. The molecular formula is C22H26N4O. The van der Waals surface area contributed by atoms with Crippen LogP contribution >= 0.6 is 0 Å². The van der Waals surface area contributed by atoms with Crippen LogP contribution in [0.25, 0.3) is 0 Å². The maximum absolute atomic E-state index is 5.91. The number of hydrogen-bond donors (Lipinski definition) is 0. The van der Waals surface area contributed by atoms with Crippen molar-refractivity contribution in [1.82, 2.24) is 19.4 Å². The summed E-state index contributed by atoms with van der Waals surface area (Å²) < 4.78 is 8.06. The molecule has 27 heavy (non-hydrogen) atoms. The van der Waals surface area contributed by atoms with E-state index in [0.717, 1.165) is 31.1 Å². The van der Waals surface area contributed by atoms with Crippen LogP contribution in [0, 0.1) is 0 Å². The summed E-state index contributed by atoms with van der Waals surface area (Å²) in [7, 11) is 2.09. The molecule has 5 nitrogen and oxygen atoms in total. The fourth-order valence-electron chi connectivity index (χ4n) is 3.75. The van der Waals surface area contributed by atoms with Crippen molar-refractivity contribution in [3.63, 3.8) is 0 Å². The Morgan fingerprint density at radius 1 is 1.04 bits per heavy atom. The average Bonchev–Trinajstić information content (AvgIpc) is 3.14. The lowest BCUT2D eigenvalue weighted by molar-refractivity contribution is 0.200. The van der Waals surface area contributed by atoms with Crippen molar-refractivity contribution in [2.75, 3.05) is 13.1 Å². The quantitative estimate of drug-likeness (QED) is 0.669. The summed E-state index contributed by atoms with van der Waals surface area (Å²) in [5.74, 6) is 2.70. The van der Waals surface area contributed by atoms with Gasteiger partial charge in [-0.05, 0) is 55.8 Å². The van der Waals surface area contributed by atoms with Gasteiger partial charge in [-0.1, -0.05) is 18.2 Å². The lowest BCUT2D eigenvalue weighted by Gasteiger charge is -2.31. The van der Waals surface area contributed by atoms with Crippen LogP contribution in [0.3, 0.4) is 0 Å². The molecule has 0 N–H and O–H groups in total. The monoisotopic (exact) mass is 362 g/mol. The van der Waals surface area contributed by atoms with Crippen LogP contribution in [0.1, 0.15) is 35.8 Å². The second-order valence-corrected chi connectivity index (χ2v) is 7.20. The maximum atomic E-state index is 5.91. The van der Waals surface area contributed by atoms with Gasteiger partial charge in [0.15, 0.2) is 0 Å². The Labute approximate surface area is 160 Å². The van der Waals surface area contributed by atoms with Crippen LogP contribution in [0.4, 0.5) is 0 Å². The number of rotatable bonds is 6. The highest BCUT2D eigenvalue weighted by Crippen LogP contribution is 2.27. The molecule has 0 saturated carbocycles. The minimum atomic E-state index is 0.499. The molecule has 2 aromatic heterocycles. The predicted octanol–water partition coefficient (Wildman–Crippen LogP) is 3.77. The highest BCUT2D eigenvalue weighted by molar-refractivity contribution is 5.28. The Hall–Kier alpha value is -2.66. The SMILES string of the molecule is Cn1ccnc1C1CCN(Cc2cccc(OCc3ccccn3)c2)CC1. The van der Waals surface area contributed by atoms with Crippen LogP contribution in [0.5, 0.6) is 5.75 Å². The number of benzene rings is 1. The molecule has 0 radical (unpaired) electrons. The van der Waals surface area contributed by atoms with Gasteiger partial charge in [0.1, 0.15) is 18.2 Å². The molecule has 1 aliphatic heterocycles. The largest absolute Gasteiger partial charge is 0.487 e. The van der Waals surface area contributed by atoms with Gasteiger partial charge in [-0.15, -0.1) is 0 Å². The molecule has 140 valence electrons. The summed E-state index contributed by atoms with van der Waals surface area (Å²) in [5.41, 5.74) is 2.24. The Morgan fingerprint density at radius 2 is 1.93 bits per heavy atom. The van der Waals surface area contributed by atoms with Crippen LogP contribution in [0.2, 0.25) is 0 Å². The third kappa shape index (κ3) is 4.55. The molecule has 0 spiro atoms. The molecule has 3 heterocycles. The Balaban J connectivity index is 1.30. The first-order chi connectivity index (χ1) is 13.3. The van der Waals surface area contributed by atoms with Crippen LogP contribution < -0.4 is 4.74 Å². The van der Waals surface area contributed by atoms with Gasteiger partial charge in [0.05, 0.1) is 5.69 Å². The molecule has 0 atom stereocenters. The number of nitrogens with zero attached hydrogens (tertiary/aromatic N) is 4. The minimum absolute atomic E-state index is 0.499. The summed E-state index contributed by atoms with van der Waals surface area (Å²) in [4.78, 5) is 11.4. The van der Waals surface area contributed by atoms with Gasteiger partial charge in [0, 0.05) is 38.1 Å². The number of hydrogen-bond acceptors (Lipinski definition) is 4. The van der Waals surface area contributed by atoms with E-state index in [9.17, 15) is 0 Å². The summed E-state index contributed by atoms with van der Waals surface area (Å²) in [6.07, 6.45) is 8.07. The van der Waals surface area contributed by atoms with E-state index in [2.05, 4.69) is 44.7 Å². The number of imidazole rings is 1. The molecule has 0 aliphatic carbocycles. The molecule has 1 fully saturated rings. The van der Waals surface area contributed by atoms with Crippen molar-refractivity contribution < 1.29 is 4.74 Å². The van der Waals surface area contributed by atoms with Gasteiger partial charge in [-0.25, -0.2) is 4.98 Å². The van der Waals surface area contributed by atoms with Crippen LogP contribution in [0.15, 0.2) is 61.1 Å². The van der Waals surface area contributed by atoms with E-state index in [1.54, 1.807) is 6.20 Å². The third-order valence-corrected chi connectivity index (χ3v) is 5.23. The first-order valence-corrected chi connectivity index (χ1v) is 9.59. The van der Waals surface area contributed by atoms with E-state index in [1.807, 2.05) is 36.7 Å². The zero-order valence-electron chi connectivity index (χ0n) is 15.8. The van der Waals surface area contributed by atoms with Gasteiger partial charge in [0.25, 0.3) is 0 Å². The lowest BCUT2D eigenvalue weighted by atomic mass is 9.95. The van der Waals surface area contributed by atoms with E-state index >= 15 is 0 Å². The number of likely N-dealkylation sites (tertiary alicyclic amines) is 1. The second kappa shape index (κ2) is 8.35. The van der Waals surface area contributed by atoms with Gasteiger partial charge >= 0.3 is 0 Å². The number of pyridine rings is 1. The molecule has 4 rings (SSSR count). The van der Waals surface area contributed by atoms with Crippen molar-refractivity contribution in [1.29, 1.82) is 0 Å². The van der Waals surface area contributed by atoms with E-state index in [0.29, 0.717) is 12.5 Å². The molecule has 5 heteroatoms. The fraction of sp³-hybridized carbons (Fsp3) is 0.364. The standard InChI is InChI=1S/C22H26N4O/c1-25-14-11-24-22(25)19-8-12-26(13-9-19)16-18-5-4-7-21(15-18)27-17-20-6-2-3-10-23-20/h2-7,10-11,14-15,19H,8-9,12-13,16-17H2,1H3. The lowest BCUT2D eigenvalue weighted by Crippen LogP contribution is -2.33. The fourth-order valence-corrected chi connectivity index (χ4v) is 3.75. The van der Waals surface area contributed by atoms with Crippen molar-refractivity contribution >= 4 is 0 Å². The zero-order valence-corrected chi connectivity index (χ0v) is 15.8. The van der Waals surface area contributed by atoms with Crippen LogP contribution in [-0.2, 0) is 20.2 Å². The summed E-state index contributed by atoms with van der Waals surface area (Å²) >= 11 is 0. The molecule has 0 amide bonds. The second-order valence-electron chi connectivity index (χ2n) is 7.20. The summed E-state index contributed by atoms with van der Waals surface area (Å²) in [6, 6.07) is 14.3. The van der Waals surface area contributed by atoms with Crippen molar-refractivity contribution in [2.24, 2.45) is 7.05 Å². The number of aromatic nitrogens is 3. The molecule has 0 unspecified atom stereocenters. The van der Waals surface area contributed by atoms with E-state index < -0.39 is 0 Å². The average molecular weight is 362 g/mol. The van der Waals surface area contributed by atoms with Crippen LogP contribution in [-0.4, -0.2) is 32.5 Å². The van der Waals surface area contributed by atoms with Gasteiger partial charge in [0.2, 0.25) is 0 Å². The number of piperidine rings is 1. The molecule has 1 saturated heterocycles. The topological polar surface area (TPSA) is 43.2 Å². The van der Waals surface area contributed by atoms with E-state index in [4.69, 9.17) is 4.74 Å². The highest BCUT2D eigenvalue weighted by atomic mass is 16.5. The Kier molecular flexibility index (Phi) is 5.49. The van der Waals surface area contributed by atoms with Gasteiger partial charge < -0.3 is 9.30 Å². The number of aryl methyl sites for hydroxylation is 1. The molecule has 1 aliphatic rings. The first-order valence-electron chi connectivity index (χ1n) is 9.59. The molecule has 3 aromatic rings. The molecule has 0 bridgehead atoms. The van der Waals surface area contributed by atoms with Gasteiger partial charge in [-0.3, -0.25) is 9.88 Å². The van der Waals surface area contributed by atoms with E-state index in [1.165, 1.54) is 24.2 Å². The molecule has 1 aromatic carbocycles. The normalized spacial score (nSPS) is 15.7. The Bertz CT molecular complexity index is 854. The van der Waals surface area contributed by atoms with Crippen molar-refractivity contribution in [3.8, 4) is 5.75 Å². The zero-order chi connectivity index (χ0) is 18.5. The summed E-state index contributed by atoms with van der Waals surface area (Å²) in [5, 5.41) is 0. The minimum Gasteiger partial charge on any atom is -0.487 e. The Morgan fingerprint density at radius 3 is 2.67 bits per heavy atom. The van der Waals surface area contributed by atoms with Crippen molar-refractivity contribution in [3.05, 3.63) is 78.1 Å². The summed E-state index contributed by atoms with van der Waals surface area (Å²) in [6.45, 7) is 3.68. The predicted molar refractivity (Wildman–Crippen MR) is 105 cm³/mol. The van der Waals surface area contributed by atoms with E-state index in [-0.39, 0.29) is 0 Å².